The van der Waals surface area contributed by atoms with Crippen molar-refractivity contribution in [2.45, 2.75) is 62.9 Å². The fourth-order valence-corrected chi connectivity index (χ4v) is 3.94. The van der Waals surface area contributed by atoms with Gasteiger partial charge in [-0.05, 0) is 43.2 Å². The van der Waals surface area contributed by atoms with Crippen molar-refractivity contribution in [3.63, 3.8) is 0 Å². The number of thioether (sulfide) groups is 1. The highest BCUT2D eigenvalue weighted by molar-refractivity contribution is 7.98. The molecule has 0 spiro atoms. The summed E-state index contributed by atoms with van der Waals surface area (Å²) in [5.74, 6) is 0.853. The van der Waals surface area contributed by atoms with Crippen LogP contribution >= 0.6 is 11.8 Å². The smallest absolute Gasteiger partial charge is 0.221 e. The van der Waals surface area contributed by atoms with Gasteiger partial charge in [0.1, 0.15) is 0 Å². The van der Waals surface area contributed by atoms with Crippen molar-refractivity contribution < 1.29 is 4.79 Å². The van der Waals surface area contributed by atoms with Crippen LogP contribution in [0.4, 0.5) is 0 Å². The lowest BCUT2D eigenvalue weighted by molar-refractivity contribution is -0.121. The molecule has 5 nitrogen and oxygen atoms in total. The number of guanidine groups is 1. The van der Waals surface area contributed by atoms with Gasteiger partial charge in [-0.1, -0.05) is 31.4 Å². The second kappa shape index (κ2) is 11.1. The first-order valence-electron chi connectivity index (χ1n) is 9.49. The minimum absolute atomic E-state index is 0.128. The van der Waals surface area contributed by atoms with Crippen LogP contribution in [0.3, 0.4) is 0 Å². The maximum atomic E-state index is 12.1. The molecule has 3 N–H and O–H groups in total. The highest BCUT2D eigenvalue weighted by Gasteiger charge is 2.15. The fraction of sp³-hybridized carbons (Fsp3) is 0.600. The molecule has 6 heteroatoms. The van der Waals surface area contributed by atoms with Gasteiger partial charge in [-0.2, -0.15) is 0 Å². The Kier molecular flexibility index (Phi) is 8.81. The lowest BCUT2D eigenvalue weighted by Gasteiger charge is -2.22. The number of benzene rings is 1. The quantitative estimate of drug-likeness (QED) is 0.388. The highest BCUT2D eigenvalue weighted by Crippen LogP contribution is 2.21. The van der Waals surface area contributed by atoms with Gasteiger partial charge in [0.25, 0.3) is 0 Å². The summed E-state index contributed by atoms with van der Waals surface area (Å²) in [4.78, 5) is 17.6. The topological polar surface area (TPSA) is 65.5 Å². The summed E-state index contributed by atoms with van der Waals surface area (Å²) < 4.78 is 0. The molecule has 26 heavy (non-hydrogen) atoms. The van der Waals surface area contributed by atoms with Crippen LogP contribution in [0.1, 0.15) is 49.7 Å². The normalized spacial score (nSPS) is 15.6. The first-order chi connectivity index (χ1) is 12.6. The summed E-state index contributed by atoms with van der Waals surface area (Å²) in [6.45, 7) is 3.40. The van der Waals surface area contributed by atoms with Crippen molar-refractivity contribution in [2.24, 2.45) is 4.99 Å². The molecule has 0 aliphatic heterocycles. The van der Waals surface area contributed by atoms with E-state index >= 15 is 0 Å². The molecule has 0 radical (unpaired) electrons. The second-order valence-electron chi connectivity index (χ2n) is 6.82. The Morgan fingerprint density at radius 1 is 1.23 bits per heavy atom. The van der Waals surface area contributed by atoms with Gasteiger partial charge >= 0.3 is 0 Å². The number of hydrogen-bond acceptors (Lipinski definition) is 3. The van der Waals surface area contributed by atoms with Crippen molar-refractivity contribution in [2.75, 3.05) is 19.8 Å². The summed E-state index contributed by atoms with van der Waals surface area (Å²) in [5, 5.41) is 9.70. The number of nitrogens with one attached hydrogen (secondary N) is 3. The maximum Gasteiger partial charge on any atom is 0.221 e. The van der Waals surface area contributed by atoms with E-state index in [1.54, 1.807) is 18.8 Å². The number of rotatable bonds is 7. The number of amides is 1. The van der Waals surface area contributed by atoms with E-state index in [1.165, 1.54) is 35.3 Å². The van der Waals surface area contributed by atoms with Crippen LogP contribution in [0.25, 0.3) is 0 Å². The van der Waals surface area contributed by atoms with Crippen LogP contribution in [0.5, 0.6) is 0 Å². The van der Waals surface area contributed by atoms with Gasteiger partial charge in [0.15, 0.2) is 5.96 Å². The average Bonchev–Trinajstić information content (AvgIpc) is 2.66. The van der Waals surface area contributed by atoms with Crippen LogP contribution in [0.15, 0.2) is 28.1 Å². The van der Waals surface area contributed by atoms with E-state index < -0.39 is 0 Å². The minimum Gasteiger partial charge on any atom is -0.356 e. The van der Waals surface area contributed by atoms with Gasteiger partial charge in [0.05, 0.1) is 0 Å². The molecule has 0 bridgehead atoms. The molecule has 0 aromatic heterocycles. The average molecular weight is 377 g/mol. The SMILES string of the molecule is CN=C(NCCC(=O)NC1CCCCC1)NCc1ccc(C)cc1SC. The molecule has 1 saturated carbocycles. The number of aryl methyl sites for hydroxylation is 1. The summed E-state index contributed by atoms with van der Waals surface area (Å²) in [6.07, 6.45) is 8.57. The van der Waals surface area contributed by atoms with Gasteiger partial charge in [0, 0.05) is 37.5 Å². The van der Waals surface area contributed by atoms with Crippen molar-refractivity contribution in [1.82, 2.24) is 16.0 Å². The third-order valence-electron chi connectivity index (χ3n) is 4.73. The van der Waals surface area contributed by atoms with E-state index in [1.807, 2.05) is 0 Å². The van der Waals surface area contributed by atoms with E-state index in [-0.39, 0.29) is 5.91 Å². The molecule has 144 valence electrons. The zero-order chi connectivity index (χ0) is 18.8. The molecule has 0 unspecified atom stereocenters. The van der Waals surface area contributed by atoms with Gasteiger partial charge in [-0.15, -0.1) is 11.8 Å². The fourth-order valence-electron chi connectivity index (χ4n) is 3.24. The van der Waals surface area contributed by atoms with Crippen molar-refractivity contribution in [3.8, 4) is 0 Å². The Hall–Kier alpha value is -1.69. The highest BCUT2D eigenvalue weighted by atomic mass is 32.2. The second-order valence-corrected chi connectivity index (χ2v) is 7.67. The number of carbonyl (C=O) groups is 1. The van der Waals surface area contributed by atoms with E-state index in [0.29, 0.717) is 25.6 Å². The van der Waals surface area contributed by atoms with E-state index in [4.69, 9.17) is 0 Å². The van der Waals surface area contributed by atoms with Gasteiger partial charge < -0.3 is 16.0 Å². The van der Waals surface area contributed by atoms with E-state index in [9.17, 15) is 4.79 Å². The number of aliphatic imine (C=N–C) groups is 1. The molecule has 1 aliphatic carbocycles. The summed E-state index contributed by atoms with van der Waals surface area (Å²) in [7, 11) is 1.75. The van der Waals surface area contributed by atoms with Crippen LogP contribution in [0, 0.1) is 6.92 Å². The molecule has 1 aromatic carbocycles. The van der Waals surface area contributed by atoms with Crippen LogP contribution in [-0.4, -0.2) is 37.8 Å². The Bertz CT molecular complexity index is 612. The first-order valence-corrected chi connectivity index (χ1v) is 10.7. The van der Waals surface area contributed by atoms with Gasteiger partial charge in [-0.25, -0.2) is 0 Å². The third kappa shape index (κ3) is 6.90. The lowest BCUT2D eigenvalue weighted by Crippen LogP contribution is -2.41. The summed E-state index contributed by atoms with van der Waals surface area (Å²) in [5.41, 5.74) is 2.52. The zero-order valence-electron chi connectivity index (χ0n) is 16.2. The molecule has 2 rings (SSSR count). The van der Waals surface area contributed by atoms with Gasteiger partial charge in [-0.3, -0.25) is 9.79 Å². The molecule has 0 atom stereocenters. The summed E-state index contributed by atoms with van der Waals surface area (Å²) >= 11 is 1.75. The van der Waals surface area contributed by atoms with Crippen LogP contribution in [-0.2, 0) is 11.3 Å². The van der Waals surface area contributed by atoms with E-state index in [2.05, 4.69) is 52.3 Å². The standard InChI is InChI=1S/C20H32N4OS/c1-15-9-10-16(18(13-15)26-3)14-23-20(21-2)22-12-11-19(25)24-17-7-5-4-6-8-17/h9-10,13,17H,4-8,11-12,14H2,1-3H3,(H,24,25)(H2,21,22,23). The minimum atomic E-state index is 0.128. The Morgan fingerprint density at radius 3 is 2.69 bits per heavy atom. The Balaban J connectivity index is 1.71. The lowest BCUT2D eigenvalue weighted by atomic mass is 9.95. The van der Waals surface area contributed by atoms with Crippen LogP contribution in [0.2, 0.25) is 0 Å². The molecular weight excluding hydrogens is 344 g/mol. The van der Waals surface area contributed by atoms with Gasteiger partial charge in [0.2, 0.25) is 5.91 Å². The molecular formula is C20H32N4OS. The zero-order valence-corrected chi connectivity index (χ0v) is 17.0. The number of hydrogen-bond donors (Lipinski definition) is 3. The van der Waals surface area contributed by atoms with Crippen molar-refractivity contribution in [3.05, 3.63) is 29.3 Å². The molecule has 1 amide bonds. The molecule has 0 heterocycles. The number of carbonyl (C=O) groups excluding carboxylic acids is 1. The van der Waals surface area contributed by atoms with Crippen molar-refractivity contribution in [1.29, 1.82) is 0 Å². The Labute approximate surface area is 161 Å². The largest absolute Gasteiger partial charge is 0.356 e. The first kappa shape index (κ1) is 20.6. The van der Waals surface area contributed by atoms with E-state index in [0.717, 1.165) is 18.8 Å². The molecule has 0 saturated heterocycles. The van der Waals surface area contributed by atoms with Crippen LogP contribution < -0.4 is 16.0 Å². The Morgan fingerprint density at radius 2 is 2.00 bits per heavy atom. The van der Waals surface area contributed by atoms with Crippen molar-refractivity contribution >= 4 is 23.6 Å². The predicted octanol–water partition coefficient (Wildman–Crippen LogP) is 3.22. The third-order valence-corrected chi connectivity index (χ3v) is 5.55. The molecule has 1 aromatic rings. The predicted molar refractivity (Wildman–Crippen MR) is 111 cm³/mol. The molecule has 1 fully saturated rings. The number of nitrogens with zero attached hydrogens (tertiary/aromatic N) is 1. The summed E-state index contributed by atoms with van der Waals surface area (Å²) in [6, 6.07) is 6.86. The maximum absolute atomic E-state index is 12.1. The molecule has 1 aliphatic rings. The monoisotopic (exact) mass is 376 g/mol.